The molecule has 1 N–H and O–H groups in total. The van der Waals surface area contributed by atoms with E-state index in [1.54, 1.807) is 11.1 Å². The van der Waals surface area contributed by atoms with Gasteiger partial charge in [-0.1, -0.05) is 30.3 Å². The third-order valence-electron chi connectivity index (χ3n) is 3.81. The van der Waals surface area contributed by atoms with Gasteiger partial charge in [-0.3, -0.25) is 4.98 Å². The Hall–Kier alpha value is -2.83. The minimum Gasteiger partial charge on any atom is -0.480 e. The molecule has 1 aromatic heterocycles. The van der Waals surface area contributed by atoms with Gasteiger partial charge in [0.25, 0.3) is 0 Å². The summed E-state index contributed by atoms with van der Waals surface area (Å²) in [6.07, 6.45) is 3.73. The molecule has 126 valence electrons. The lowest BCUT2D eigenvalue weighted by molar-refractivity contribution is 0.181. The van der Waals surface area contributed by atoms with Gasteiger partial charge >= 0.3 is 6.03 Å². The molecule has 2 amide bonds. The molecule has 24 heavy (non-hydrogen) atoms. The molecular formula is C17H20N4O3. The monoisotopic (exact) mass is 328 g/mol. The first-order valence-electron chi connectivity index (χ1n) is 7.84. The van der Waals surface area contributed by atoms with Gasteiger partial charge in [-0.15, -0.1) is 0 Å². The van der Waals surface area contributed by atoms with Crippen molar-refractivity contribution in [2.75, 3.05) is 20.2 Å². The van der Waals surface area contributed by atoms with Crippen LogP contribution in [0.4, 0.5) is 4.79 Å². The summed E-state index contributed by atoms with van der Waals surface area (Å²) >= 11 is 0. The zero-order valence-corrected chi connectivity index (χ0v) is 13.5. The third kappa shape index (κ3) is 4.13. The van der Waals surface area contributed by atoms with Crippen LogP contribution in [0.2, 0.25) is 0 Å². The average Bonchev–Trinajstić information content (AvgIpc) is 3.09. The molecule has 1 unspecified atom stereocenters. The molecule has 1 aliphatic heterocycles. The van der Waals surface area contributed by atoms with E-state index in [2.05, 4.69) is 15.3 Å². The number of nitrogens with one attached hydrogen (secondary N) is 1. The Morgan fingerprint density at radius 1 is 1.29 bits per heavy atom. The smallest absolute Gasteiger partial charge is 0.317 e. The topological polar surface area (TPSA) is 76.6 Å². The van der Waals surface area contributed by atoms with Crippen LogP contribution in [0.5, 0.6) is 11.8 Å². The maximum absolute atomic E-state index is 12.2. The van der Waals surface area contributed by atoms with Crippen molar-refractivity contribution in [3.8, 4) is 11.8 Å². The van der Waals surface area contributed by atoms with Gasteiger partial charge in [0.05, 0.1) is 26.0 Å². The molecule has 3 rings (SSSR count). The number of benzene rings is 1. The number of likely N-dealkylation sites (tertiary alicyclic amines) is 1. The molecule has 1 aromatic carbocycles. The van der Waals surface area contributed by atoms with Gasteiger partial charge in [0.2, 0.25) is 11.8 Å². The van der Waals surface area contributed by atoms with E-state index in [1.165, 1.54) is 13.3 Å². The van der Waals surface area contributed by atoms with Crippen LogP contribution in [0, 0.1) is 0 Å². The predicted molar refractivity (Wildman–Crippen MR) is 87.9 cm³/mol. The SMILES string of the molecule is COc1cncc(OC2CCN(C(=O)NCc3ccccc3)C2)n1. The summed E-state index contributed by atoms with van der Waals surface area (Å²) in [5.41, 5.74) is 1.07. The van der Waals surface area contributed by atoms with Gasteiger partial charge in [0.1, 0.15) is 6.10 Å². The number of carbonyl (C=O) groups excluding carboxylic acids is 1. The fraction of sp³-hybridized carbons (Fsp3) is 0.353. The Labute approximate surface area is 140 Å². The summed E-state index contributed by atoms with van der Waals surface area (Å²) in [6, 6.07) is 9.75. The van der Waals surface area contributed by atoms with Gasteiger partial charge in [-0.2, -0.15) is 4.98 Å². The highest BCUT2D eigenvalue weighted by Crippen LogP contribution is 2.18. The molecule has 0 radical (unpaired) electrons. The molecule has 1 aliphatic rings. The summed E-state index contributed by atoms with van der Waals surface area (Å²) < 4.78 is 10.8. The number of hydrogen-bond acceptors (Lipinski definition) is 5. The van der Waals surface area contributed by atoms with E-state index >= 15 is 0 Å². The number of rotatable bonds is 5. The van der Waals surface area contributed by atoms with Crippen molar-refractivity contribution in [2.24, 2.45) is 0 Å². The highest BCUT2D eigenvalue weighted by Gasteiger charge is 2.27. The number of hydrogen-bond donors (Lipinski definition) is 1. The molecule has 2 heterocycles. The highest BCUT2D eigenvalue weighted by atomic mass is 16.5. The second kappa shape index (κ2) is 7.63. The number of amides is 2. The van der Waals surface area contributed by atoms with Crippen molar-refractivity contribution in [1.29, 1.82) is 0 Å². The lowest BCUT2D eigenvalue weighted by Gasteiger charge is -2.17. The summed E-state index contributed by atoms with van der Waals surface area (Å²) in [6.45, 7) is 1.70. The standard InChI is InChI=1S/C17H20N4O3/c1-23-15-10-18-11-16(20-15)24-14-7-8-21(12-14)17(22)19-9-13-5-3-2-4-6-13/h2-6,10-11,14H,7-9,12H2,1H3,(H,19,22). The Bertz CT molecular complexity index is 681. The van der Waals surface area contributed by atoms with Crippen molar-refractivity contribution < 1.29 is 14.3 Å². The quantitative estimate of drug-likeness (QED) is 0.906. The van der Waals surface area contributed by atoms with Gasteiger partial charge in [-0.05, 0) is 5.56 Å². The van der Waals surface area contributed by atoms with Crippen molar-refractivity contribution in [3.05, 3.63) is 48.3 Å². The number of aromatic nitrogens is 2. The van der Waals surface area contributed by atoms with E-state index in [0.29, 0.717) is 31.4 Å². The van der Waals surface area contributed by atoms with Gasteiger partial charge < -0.3 is 19.7 Å². The number of carbonyl (C=O) groups is 1. The van der Waals surface area contributed by atoms with E-state index in [9.17, 15) is 4.79 Å². The molecule has 0 aliphatic carbocycles. The molecular weight excluding hydrogens is 308 g/mol. The number of urea groups is 1. The first-order chi connectivity index (χ1) is 11.7. The van der Waals surface area contributed by atoms with E-state index in [0.717, 1.165) is 12.0 Å². The molecule has 0 saturated carbocycles. The van der Waals surface area contributed by atoms with E-state index in [1.807, 2.05) is 30.3 Å². The maximum atomic E-state index is 12.2. The van der Waals surface area contributed by atoms with Gasteiger partial charge in [0.15, 0.2) is 0 Å². The van der Waals surface area contributed by atoms with E-state index in [-0.39, 0.29) is 12.1 Å². The van der Waals surface area contributed by atoms with Crippen LogP contribution in [0.3, 0.4) is 0 Å². The van der Waals surface area contributed by atoms with Crippen molar-refractivity contribution >= 4 is 6.03 Å². The number of methoxy groups -OCH3 is 1. The lowest BCUT2D eigenvalue weighted by Crippen LogP contribution is -2.39. The Morgan fingerprint density at radius 3 is 2.88 bits per heavy atom. The van der Waals surface area contributed by atoms with Crippen molar-refractivity contribution in [2.45, 2.75) is 19.1 Å². The second-order valence-corrected chi connectivity index (χ2v) is 5.52. The second-order valence-electron chi connectivity index (χ2n) is 5.52. The Kier molecular flexibility index (Phi) is 5.10. The molecule has 1 atom stereocenters. The van der Waals surface area contributed by atoms with Crippen LogP contribution in [-0.4, -0.2) is 47.2 Å². The summed E-state index contributed by atoms with van der Waals surface area (Å²) in [5, 5.41) is 2.93. The Morgan fingerprint density at radius 2 is 2.08 bits per heavy atom. The summed E-state index contributed by atoms with van der Waals surface area (Å²) in [5.74, 6) is 0.814. The number of ether oxygens (including phenoxy) is 2. The van der Waals surface area contributed by atoms with Crippen LogP contribution in [0.1, 0.15) is 12.0 Å². The molecule has 1 fully saturated rings. The molecule has 0 spiro atoms. The Balaban J connectivity index is 1.48. The van der Waals surface area contributed by atoms with Crippen molar-refractivity contribution in [3.63, 3.8) is 0 Å². The van der Waals surface area contributed by atoms with E-state index < -0.39 is 0 Å². The minimum absolute atomic E-state index is 0.0818. The molecule has 7 heteroatoms. The lowest BCUT2D eigenvalue weighted by atomic mass is 10.2. The first kappa shape index (κ1) is 16.0. The van der Waals surface area contributed by atoms with Crippen LogP contribution >= 0.6 is 0 Å². The van der Waals surface area contributed by atoms with Gasteiger partial charge in [-0.25, -0.2) is 4.79 Å². The molecule has 2 aromatic rings. The van der Waals surface area contributed by atoms with Crippen LogP contribution in [0.15, 0.2) is 42.7 Å². The van der Waals surface area contributed by atoms with Crippen LogP contribution < -0.4 is 14.8 Å². The fourth-order valence-corrected chi connectivity index (χ4v) is 2.55. The average molecular weight is 328 g/mol. The molecule has 0 bridgehead atoms. The molecule has 1 saturated heterocycles. The first-order valence-corrected chi connectivity index (χ1v) is 7.84. The highest BCUT2D eigenvalue weighted by molar-refractivity contribution is 5.74. The number of nitrogens with zero attached hydrogens (tertiary/aromatic N) is 3. The predicted octanol–water partition coefficient (Wildman–Crippen LogP) is 1.85. The minimum atomic E-state index is -0.0890. The van der Waals surface area contributed by atoms with E-state index in [4.69, 9.17) is 9.47 Å². The van der Waals surface area contributed by atoms with Crippen LogP contribution in [-0.2, 0) is 6.54 Å². The molecule has 7 nitrogen and oxygen atoms in total. The maximum Gasteiger partial charge on any atom is 0.317 e. The normalized spacial score (nSPS) is 16.7. The summed E-state index contributed by atoms with van der Waals surface area (Å²) in [7, 11) is 1.53. The zero-order valence-electron chi connectivity index (χ0n) is 13.5. The third-order valence-corrected chi connectivity index (χ3v) is 3.81. The summed E-state index contributed by atoms with van der Waals surface area (Å²) in [4.78, 5) is 22.2. The van der Waals surface area contributed by atoms with Crippen molar-refractivity contribution in [1.82, 2.24) is 20.2 Å². The largest absolute Gasteiger partial charge is 0.480 e. The van der Waals surface area contributed by atoms with Gasteiger partial charge in [0, 0.05) is 19.5 Å². The zero-order chi connectivity index (χ0) is 16.8. The fourth-order valence-electron chi connectivity index (χ4n) is 2.55. The van der Waals surface area contributed by atoms with Crippen LogP contribution in [0.25, 0.3) is 0 Å².